The zero-order valence-electron chi connectivity index (χ0n) is 11.5. The first-order chi connectivity index (χ1) is 9.82. The number of aliphatic hydroxyl groups excluding tert-OH is 5. The van der Waals surface area contributed by atoms with Gasteiger partial charge in [0.25, 0.3) is 0 Å². The van der Waals surface area contributed by atoms with Crippen molar-refractivity contribution in [2.45, 2.75) is 36.6 Å². The second kappa shape index (κ2) is 6.30. The van der Waals surface area contributed by atoms with Gasteiger partial charge in [0.1, 0.15) is 43.1 Å². The van der Waals surface area contributed by atoms with Gasteiger partial charge in [0.05, 0.1) is 13.0 Å². The standard InChI is InChI=1S/C13H20NO7/c1-14-4-2-3-6(5-14)13(20)21-12-10(18)8(16)7(15)9(17)11(12)19/h2-3,7-12,15-19H,4-5H2,1H3/q+1. The van der Waals surface area contributed by atoms with Gasteiger partial charge < -0.3 is 30.3 Å². The Balaban J connectivity index is 2.07. The van der Waals surface area contributed by atoms with Gasteiger partial charge >= 0.3 is 5.97 Å². The number of nitrogens with zero attached hydrogens (tertiary/aromatic N) is 1. The fourth-order valence-electron chi connectivity index (χ4n) is 2.45. The summed E-state index contributed by atoms with van der Waals surface area (Å²) in [6.45, 7) is 1.04. The summed E-state index contributed by atoms with van der Waals surface area (Å²) in [6, 6.07) is 0. The van der Waals surface area contributed by atoms with Crippen LogP contribution in [0.15, 0.2) is 11.6 Å². The molecule has 1 fully saturated rings. The molecule has 2 rings (SSSR count). The van der Waals surface area contributed by atoms with E-state index in [-0.39, 0.29) is 0 Å². The van der Waals surface area contributed by atoms with Gasteiger partial charge in [-0.15, -0.1) is 0 Å². The third kappa shape index (κ3) is 3.20. The molecule has 118 valence electrons. The summed E-state index contributed by atoms with van der Waals surface area (Å²) in [5.41, 5.74) is 0.332. The first kappa shape index (κ1) is 16.2. The first-order valence-corrected chi connectivity index (χ1v) is 6.65. The van der Waals surface area contributed by atoms with E-state index in [9.17, 15) is 30.3 Å². The Morgan fingerprint density at radius 1 is 1.14 bits per heavy atom. The quantitative estimate of drug-likeness (QED) is 0.266. The fourth-order valence-corrected chi connectivity index (χ4v) is 2.45. The Morgan fingerprint density at radius 2 is 1.67 bits per heavy atom. The number of carbonyl (C=O) groups is 1. The molecule has 8 heteroatoms. The minimum Gasteiger partial charge on any atom is -0.438 e. The summed E-state index contributed by atoms with van der Waals surface area (Å²) in [5, 5.41) is 48.2. The van der Waals surface area contributed by atoms with Crippen molar-refractivity contribution >= 4 is 5.97 Å². The van der Waals surface area contributed by atoms with Crippen LogP contribution in [0.2, 0.25) is 0 Å². The zero-order valence-corrected chi connectivity index (χ0v) is 11.5. The first-order valence-electron chi connectivity index (χ1n) is 6.65. The number of likely N-dealkylation sites (N-methyl/N-ethyl adjacent to an activating group) is 1. The van der Waals surface area contributed by atoms with Gasteiger partial charge in [0.15, 0.2) is 11.7 Å². The molecular weight excluding hydrogens is 282 g/mol. The summed E-state index contributed by atoms with van der Waals surface area (Å²) in [4.78, 5) is 13.9. The van der Waals surface area contributed by atoms with Crippen molar-refractivity contribution in [3.63, 3.8) is 0 Å². The van der Waals surface area contributed by atoms with E-state index < -0.39 is 42.6 Å². The van der Waals surface area contributed by atoms with Crippen LogP contribution in [-0.4, -0.2) is 93.2 Å². The Morgan fingerprint density at radius 3 is 2.19 bits per heavy atom. The molecule has 1 heterocycles. The molecule has 0 aromatic carbocycles. The highest BCUT2D eigenvalue weighted by atomic mass is 16.6. The third-order valence-corrected chi connectivity index (χ3v) is 3.75. The molecule has 4 atom stereocenters. The van der Waals surface area contributed by atoms with Crippen LogP contribution >= 0.6 is 0 Å². The normalized spacial score (nSPS) is 41.1. The van der Waals surface area contributed by atoms with Crippen molar-refractivity contribution in [3.8, 4) is 0 Å². The fraction of sp³-hybridized carbons (Fsp3) is 0.692. The summed E-state index contributed by atoms with van der Waals surface area (Å²) >= 11 is 0. The molecular formula is C13H20NO7+. The highest BCUT2D eigenvalue weighted by Gasteiger charge is 2.50. The van der Waals surface area contributed by atoms with Crippen molar-refractivity contribution in [1.29, 1.82) is 0 Å². The second-order valence-corrected chi connectivity index (χ2v) is 5.45. The van der Waals surface area contributed by atoms with Crippen LogP contribution in [0.5, 0.6) is 0 Å². The molecule has 21 heavy (non-hydrogen) atoms. The van der Waals surface area contributed by atoms with Crippen LogP contribution in [0, 0.1) is 6.42 Å². The average Bonchev–Trinajstić information content (AvgIpc) is 2.47. The lowest BCUT2D eigenvalue weighted by Crippen LogP contribution is -2.64. The van der Waals surface area contributed by atoms with Crippen LogP contribution < -0.4 is 0 Å². The number of ether oxygens (including phenoxy) is 1. The Hall–Kier alpha value is -1.16. The molecule has 0 aromatic heterocycles. The highest BCUT2D eigenvalue weighted by Crippen LogP contribution is 2.25. The Labute approximate surface area is 121 Å². The van der Waals surface area contributed by atoms with E-state index in [2.05, 4.69) is 0 Å². The van der Waals surface area contributed by atoms with E-state index in [4.69, 9.17) is 4.74 Å². The lowest BCUT2D eigenvalue weighted by Gasteiger charge is -2.40. The predicted molar refractivity (Wildman–Crippen MR) is 69.8 cm³/mol. The summed E-state index contributed by atoms with van der Waals surface area (Å²) in [5.74, 6) is -0.753. The summed E-state index contributed by atoms with van der Waals surface area (Å²) < 4.78 is 5.01. The Kier molecular flexibility index (Phi) is 4.87. The molecule has 8 nitrogen and oxygen atoms in total. The zero-order chi connectivity index (χ0) is 15.7. The van der Waals surface area contributed by atoms with E-state index in [1.54, 1.807) is 12.5 Å². The predicted octanol–water partition coefficient (Wildman–Crippen LogP) is -3.21. The molecule has 0 spiro atoms. The van der Waals surface area contributed by atoms with E-state index >= 15 is 0 Å². The van der Waals surface area contributed by atoms with E-state index in [1.807, 2.05) is 11.9 Å². The number of aliphatic hydroxyl groups is 5. The number of hydrogen-bond acceptors (Lipinski definition) is 8. The maximum absolute atomic E-state index is 12.0. The molecule has 0 radical (unpaired) electrons. The maximum atomic E-state index is 12.0. The summed E-state index contributed by atoms with van der Waals surface area (Å²) in [7, 11) is 1.81. The molecule has 4 unspecified atom stereocenters. The van der Waals surface area contributed by atoms with Crippen LogP contribution in [-0.2, 0) is 9.53 Å². The van der Waals surface area contributed by atoms with Crippen LogP contribution in [0.4, 0.5) is 0 Å². The molecule has 0 saturated heterocycles. The summed E-state index contributed by atoms with van der Waals surface area (Å²) in [6.07, 6.45) is -6.67. The maximum Gasteiger partial charge on any atom is 0.420 e. The van der Waals surface area contributed by atoms with Gasteiger partial charge in [-0.25, -0.2) is 4.79 Å². The molecule has 1 aliphatic heterocycles. The minimum atomic E-state index is -1.71. The van der Waals surface area contributed by atoms with Crippen molar-refractivity contribution in [2.75, 3.05) is 20.1 Å². The lowest BCUT2D eigenvalue weighted by molar-refractivity contribution is -0.232. The number of hydrogen-bond donors (Lipinski definition) is 5. The van der Waals surface area contributed by atoms with E-state index in [1.165, 1.54) is 0 Å². The van der Waals surface area contributed by atoms with Gasteiger partial charge in [0.2, 0.25) is 0 Å². The van der Waals surface area contributed by atoms with Gasteiger partial charge in [0, 0.05) is 0 Å². The smallest absolute Gasteiger partial charge is 0.420 e. The van der Waals surface area contributed by atoms with Gasteiger partial charge in [-0.05, 0) is 7.05 Å². The molecule has 1 saturated carbocycles. The molecule has 5 N–H and O–H groups in total. The van der Waals surface area contributed by atoms with E-state index in [0.717, 1.165) is 0 Å². The monoisotopic (exact) mass is 302 g/mol. The third-order valence-electron chi connectivity index (χ3n) is 3.75. The van der Waals surface area contributed by atoms with Gasteiger partial charge in [-0.1, -0.05) is 0 Å². The number of rotatable bonds is 2. The van der Waals surface area contributed by atoms with Gasteiger partial charge in [-0.2, -0.15) is 0 Å². The Bertz CT molecular complexity index is 411. The number of esters is 1. The van der Waals surface area contributed by atoms with E-state index in [0.29, 0.717) is 18.7 Å². The van der Waals surface area contributed by atoms with Crippen molar-refractivity contribution in [2.24, 2.45) is 0 Å². The van der Waals surface area contributed by atoms with Crippen LogP contribution in [0.25, 0.3) is 0 Å². The van der Waals surface area contributed by atoms with Crippen LogP contribution in [0.1, 0.15) is 0 Å². The van der Waals surface area contributed by atoms with Gasteiger partial charge in [-0.3, -0.25) is 4.90 Å². The highest BCUT2D eigenvalue weighted by molar-refractivity contribution is 5.89. The minimum absolute atomic E-state index is 0.332. The SMILES string of the molecule is CN1C[CH+]C=C(C(=O)OC2C(O)C(O)C(O)C(O)C2O)C1. The average molecular weight is 302 g/mol. The molecule has 0 amide bonds. The lowest BCUT2D eigenvalue weighted by atomic mass is 9.85. The van der Waals surface area contributed by atoms with Crippen LogP contribution in [0.3, 0.4) is 0 Å². The molecule has 1 aliphatic carbocycles. The van der Waals surface area contributed by atoms with Crippen molar-refractivity contribution < 1.29 is 35.1 Å². The molecule has 0 aromatic rings. The van der Waals surface area contributed by atoms with Crippen molar-refractivity contribution in [1.82, 2.24) is 4.90 Å². The largest absolute Gasteiger partial charge is 0.438 e. The van der Waals surface area contributed by atoms with Crippen molar-refractivity contribution in [3.05, 3.63) is 18.1 Å². The molecule has 0 bridgehead atoms. The topological polar surface area (TPSA) is 131 Å². The number of carbonyl (C=O) groups excluding carboxylic acids is 1. The second-order valence-electron chi connectivity index (χ2n) is 5.45. The molecule has 2 aliphatic rings.